The number of ether oxygens (including phenoxy) is 9. The van der Waals surface area contributed by atoms with Crippen molar-refractivity contribution in [1.82, 2.24) is 0 Å². The minimum Gasteiger partial charge on any atom is -0.456 e. The van der Waals surface area contributed by atoms with Crippen LogP contribution in [0.4, 0.5) is 0 Å². The van der Waals surface area contributed by atoms with Crippen LogP contribution in [0.3, 0.4) is 0 Å². The first-order chi connectivity index (χ1) is 30.5. The molecular weight excluding hydrogens is 856 g/mol. The molecule has 0 unspecified atom stereocenters. The quantitative estimate of drug-likeness (QED) is 0.129. The van der Waals surface area contributed by atoms with E-state index in [1.807, 2.05) is 13.8 Å². The van der Waals surface area contributed by atoms with E-state index in [1.54, 1.807) is 6.08 Å². The number of esters is 4. The van der Waals surface area contributed by atoms with E-state index in [4.69, 9.17) is 42.6 Å². The van der Waals surface area contributed by atoms with Crippen LogP contribution in [-0.4, -0.2) is 154 Å². The highest BCUT2D eigenvalue weighted by Crippen LogP contribution is 2.71. The van der Waals surface area contributed by atoms with Gasteiger partial charge in [-0.3, -0.25) is 24.0 Å². The van der Waals surface area contributed by atoms with E-state index in [2.05, 4.69) is 13.8 Å². The summed E-state index contributed by atoms with van der Waals surface area (Å²) in [6, 6.07) is 0. The summed E-state index contributed by atoms with van der Waals surface area (Å²) < 4.78 is 53.9. The Kier molecular flexibility index (Phi) is 14.6. The van der Waals surface area contributed by atoms with Gasteiger partial charge in [-0.05, 0) is 78.6 Å². The lowest BCUT2D eigenvalue weighted by molar-refractivity contribution is -0.309. The highest BCUT2D eigenvalue weighted by Gasteiger charge is 2.70. The Balaban J connectivity index is 1.15. The average Bonchev–Trinajstić information content (AvgIpc) is 3.65. The van der Waals surface area contributed by atoms with Gasteiger partial charge in [0.05, 0.1) is 32.0 Å². The maximum Gasteiger partial charge on any atom is 0.303 e. The highest BCUT2D eigenvalue weighted by molar-refractivity contribution is 5.96. The van der Waals surface area contributed by atoms with E-state index >= 15 is 0 Å². The molecule has 21 atom stereocenters. The van der Waals surface area contributed by atoms with Crippen molar-refractivity contribution in [3.63, 3.8) is 0 Å². The van der Waals surface area contributed by atoms with Crippen molar-refractivity contribution in [3.05, 3.63) is 11.6 Å². The van der Waals surface area contributed by atoms with Crippen LogP contribution < -0.4 is 0 Å². The molecule has 7 aliphatic rings. The number of fused-ring (bicyclic) bond motifs is 7. The number of hydrogen-bond donors (Lipinski definition) is 5. The summed E-state index contributed by atoms with van der Waals surface area (Å²) in [7, 11) is 0. The van der Waals surface area contributed by atoms with Crippen LogP contribution in [0.25, 0.3) is 0 Å². The van der Waals surface area contributed by atoms with Crippen LogP contribution in [0.1, 0.15) is 100 Å². The summed E-state index contributed by atoms with van der Waals surface area (Å²) in [5.41, 5.74) is -0.250. The van der Waals surface area contributed by atoms with E-state index < -0.39 is 115 Å². The average molecular weight is 925 g/mol. The zero-order valence-electron chi connectivity index (χ0n) is 38.5. The van der Waals surface area contributed by atoms with E-state index in [9.17, 15) is 49.5 Å². The zero-order valence-corrected chi connectivity index (χ0v) is 38.5. The van der Waals surface area contributed by atoms with Gasteiger partial charge >= 0.3 is 23.9 Å². The Morgan fingerprint density at radius 1 is 0.862 bits per heavy atom. The zero-order chi connectivity index (χ0) is 47.5. The molecule has 6 fully saturated rings. The molecule has 19 heteroatoms. The van der Waals surface area contributed by atoms with Crippen molar-refractivity contribution in [1.29, 1.82) is 0 Å². The molecule has 0 aromatic carbocycles. The second-order valence-electron chi connectivity index (χ2n) is 20.2. The Morgan fingerprint density at radius 3 is 2.17 bits per heavy atom. The first-order valence-corrected chi connectivity index (χ1v) is 23.0. The van der Waals surface area contributed by atoms with Crippen molar-refractivity contribution in [2.24, 2.45) is 46.3 Å². The smallest absolute Gasteiger partial charge is 0.303 e. The summed E-state index contributed by atoms with van der Waals surface area (Å²) in [4.78, 5) is 62.9. The lowest BCUT2D eigenvalue weighted by atomic mass is 9.45. The third kappa shape index (κ3) is 9.53. The third-order valence-electron chi connectivity index (χ3n) is 15.9. The van der Waals surface area contributed by atoms with Crippen LogP contribution in [0, 0.1) is 46.3 Å². The number of carbonyl (C=O) groups excluding carboxylic acids is 5. The van der Waals surface area contributed by atoms with Crippen molar-refractivity contribution >= 4 is 29.7 Å². The van der Waals surface area contributed by atoms with Gasteiger partial charge in [0.1, 0.15) is 24.4 Å². The predicted molar refractivity (Wildman–Crippen MR) is 220 cm³/mol. The van der Waals surface area contributed by atoms with Crippen molar-refractivity contribution < 1.29 is 92.1 Å². The number of allylic oxidation sites excluding steroid dienone is 1. The molecule has 5 N–H and O–H groups in total. The molecule has 65 heavy (non-hydrogen) atoms. The third-order valence-corrected chi connectivity index (χ3v) is 15.9. The number of ketones is 1. The second-order valence-corrected chi connectivity index (χ2v) is 20.2. The van der Waals surface area contributed by atoms with Crippen LogP contribution >= 0.6 is 0 Å². The van der Waals surface area contributed by atoms with Gasteiger partial charge in [0.15, 0.2) is 48.6 Å². The molecule has 3 saturated carbocycles. The fraction of sp³-hybridized carbons (Fsp3) is 0.848. The van der Waals surface area contributed by atoms with Crippen molar-refractivity contribution in [2.75, 3.05) is 19.8 Å². The SMILES string of the molecule is CC(=O)O[C@@H]1[C@@H](OC(C)=O)[C@H](O[C@@H]2C[C@]3(C)[C@@H]4[C@H](C[C@H]3[C@@H]3CCC5=CC(=O)[C@@H](OC(C)=O)C[C@]5(C)[C@H]32)O[C@@](O)(CC[C@@H](C)CO[C@@H]2O[C@H](CO)[C@@H](O)[C@H](O)[C@H]2O)[C@H]4C)OC[C@@H]1OC(C)=O. The van der Waals surface area contributed by atoms with Crippen molar-refractivity contribution in [2.45, 2.75) is 180 Å². The van der Waals surface area contributed by atoms with E-state index in [-0.39, 0.29) is 73.5 Å². The van der Waals surface area contributed by atoms with Gasteiger partial charge in [-0.1, -0.05) is 33.3 Å². The largest absolute Gasteiger partial charge is 0.456 e. The van der Waals surface area contributed by atoms with E-state index in [1.165, 1.54) is 27.7 Å². The molecule has 3 aliphatic heterocycles. The van der Waals surface area contributed by atoms with Crippen molar-refractivity contribution in [3.8, 4) is 0 Å². The van der Waals surface area contributed by atoms with Crippen LogP contribution in [0.2, 0.25) is 0 Å². The maximum atomic E-state index is 13.4. The van der Waals surface area contributed by atoms with Crippen LogP contribution in [0.5, 0.6) is 0 Å². The summed E-state index contributed by atoms with van der Waals surface area (Å²) in [6.07, 6.45) is -8.99. The fourth-order valence-electron chi connectivity index (χ4n) is 13.1. The molecule has 3 heterocycles. The van der Waals surface area contributed by atoms with Gasteiger partial charge in [-0.2, -0.15) is 0 Å². The lowest BCUT2D eigenvalue weighted by Gasteiger charge is -2.61. The molecule has 0 aromatic rings. The Hall–Kier alpha value is -3.11. The van der Waals surface area contributed by atoms with Crippen LogP contribution in [-0.2, 0) is 66.6 Å². The molecule has 4 aliphatic carbocycles. The Bertz CT molecular complexity index is 1840. The Morgan fingerprint density at radius 2 is 1.52 bits per heavy atom. The molecule has 19 nitrogen and oxygen atoms in total. The summed E-state index contributed by atoms with van der Waals surface area (Å²) in [6.45, 7) is 12.3. The minimum absolute atomic E-state index is 0.00464. The van der Waals surface area contributed by atoms with Crippen LogP contribution in [0.15, 0.2) is 11.6 Å². The molecule has 0 aromatic heterocycles. The normalized spacial score (nSPS) is 46.1. The van der Waals surface area contributed by atoms with Gasteiger partial charge in [-0.15, -0.1) is 0 Å². The maximum absolute atomic E-state index is 13.4. The number of carbonyl (C=O) groups is 5. The van der Waals surface area contributed by atoms with Gasteiger partial charge in [0.25, 0.3) is 0 Å². The first kappa shape index (κ1) is 49.8. The Labute approximate surface area is 378 Å². The number of aliphatic hydroxyl groups is 5. The second kappa shape index (κ2) is 19.1. The molecule has 0 amide bonds. The first-order valence-electron chi connectivity index (χ1n) is 23.0. The van der Waals surface area contributed by atoms with E-state index in [0.717, 1.165) is 5.57 Å². The van der Waals surface area contributed by atoms with Gasteiger partial charge < -0.3 is 68.2 Å². The fourth-order valence-corrected chi connectivity index (χ4v) is 13.1. The minimum atomic E-state index is -1.57. The number of aliphatic hydroxyl groups excluding tert-OH is 4. The van der Waals surface area contributed by atoms with E-state index in [0.29, 0.717) is 32.1 Å². The molecule has 0 bridgehead atoms. The standard InChI is InChI=1S/C46H68O19/c1-20(18-57-42-39(55)38(54)37(53)33(17-47)64-42)11-12-46(56)21(2)35-30(65-46)14-28-27-10-9-26-13-29(52)31(59-22(3)48)15-44(26,7)36(27)32(16-45(28,35)8)63-43-41(62-25(6)51)40(61-24(5)50)34(19-58-43)60-23(4)49/h13,20-21,27-28,30-43,47,53-56H,9-12,14-19H2,1-8H3/t20-,21+,27+,28+,30+,31+,32-,33-,34+,35+,36-,37-,38+,39-,40+,41-,42-,43+,44+,45+,46+/m1/s1. The highest BCUT2D eigenvalue weighted by atomic mass is 16.7. The lowest BCUT2D eigenvalue weighted by Crippen LogP contribution is -2.62. The monoisotopic (exact) mass is 924 g/mol. The number of rotatable bonds is 13. The predicted octanol–water partition coefficient (Wildman–Crippen LogP) is 1.39. The molecule has 366 valence electrons. The molecule has 3 saturated heterocycles. The molecular formula is C46H68O19. The topological polar surface area (TPSA) is 270 Å². The molecule has 0 radical (unpaired) electrons. The number of hydrogen-bond acceptors (Lipinski definition) is 19. The summed E-state index contributed by atoms with van der Waals surface area (Å²) in [5.74, 6) is -5.29. The molecule has 7 rings (SSSR count). The van der Waals surface area contributed by atoms with Gasteiger partial charge in [0.2, 0.25) is 0 Å². The molecule has 0 spiro atoms. The van der Waals surface area contributed by atoms with Gasteiger partial charge in [0, 0.05) is 46.5 Å². The summed E-state index contributed by atoms with van der Waals surface area (Å²) >= 11 is 0. The van der Waals surface area contributed by atoms with Gasteiger partial charge in [-0.25, -0.2) is 0 Å². The summed E-state index contributed by atoms with van der Waals surface area (Å²) in [5, 5.41) is 52.7.